The second kappa shape index (κ2) is 6.23. The summed E-state index contributed by atoms with van der Waals surface area (Å²) in [7, 11) is 0. The fourth-order valence-corrected chi connectivity index (χ4v) is 1.95. The summed E-state index contributed by atoms with van der Waals surface area (Å²) in [6.07, 6.45) is -4.60. The highest BCUT2D eigenvalue weighted by molar-refractivity contribution is 5.89. The van der Waals surface area contributed by atoms with Gasteiger partial charge < -0.3 is 9.84 Å². The molecule has 0 bridgehead atoms. The second-order valence-electron chi connectivity index (χ2n) is 4.47. The predicted octanol–water partition coefficient (Wildman–Crippen LogP) is 4.67. The van der Waals surface area contributed by atoms with Gasteiger partial charge in [0.1, 0.15) is 5.75 Å². The van der Waals surface area contributed by atoms with Crippen LogP contribution in [0, 0.1) is 0 Å². The average Bonchev–Trinajstić information content (AvgIpc) is 2.45. The fourth-order valence-electron chi connectivity index (χ4n) is 1.95. The van der Waals surface area contributed by atoms with E-state index in [-0.39, 0.29) is 16.7 Å². The minimum absolute atomic E-state index is 0.0209. The topological polar surface area (TPSA) is 46.5 Å². The van der Waals surface area contributed by atoms with Gasteiger partial charge in [-0.15, -0.1) is 0 Å². The zero-order valence-corrected chi connectivity index (χ0v) is 11.3. The summed E-state index contributed by atoms with van der Waals surface area (Å²) < 4.78 is 67.4. The van der Waals surface area contributed by atoms with Crippen LogP contribution in [0.15, 0.2) is 42.5 Å². The van der Waals surface area contributed by atoms with E-state index in [2.05, 4.69) is 4.74 Å². The Bertz CT molecular complexity index is 725. The van der Waals surface area contributed by atoms with Gasteiger partial charge in [-0.3, -0.25) is 0 Å². The molecule has 0 spiro atoms. The third-order valence-electron chi connectivity index (χ3n) is 2.95. The highest BCUT2D eigenvalue weighted by Crippen LogP contribution is 2.36. The van der Waals surface area contributed by atoms with Gasteiger partial charge in [0, 0.05) is 5.56 Å². The van der Waals surface area contributed by atoms with Gasteiger partial charge in [0.2, 0.25) is 0 Å². The second-order valence-corrected chi connectivity index (χ2v) is 4.47. The van der Waals surface area contributed by atoms with Gasteiger partial charge in [-0.05, 0) is 35.9 Å². The number of rotatable bonds is 4. The molecule has 0 radical (unpaired) electrons. The minimum Gasteiger partial charge on any atom is -0.478 e. The largest absolute Gasteiger partial charge is 0.478 e. The van der Waals surface area contributed by atoms with E-state index in [1.54, 1.807) is 0 Å². The molecule has 2 aromatic carbocycles. The van der Waals surface area contributed by atoms with Crippen LogP contribution in [0.25, 0.3) is 11.1 Å². The zero-order chi connectivity index (χ0) is 17.2. The molecule has 122 valence electrons. The van der Waals surface area contributed by atoms with E-state index in [1.165, 1.54) is 6.07 Å². The zero-order valence-electron chi connectivity index (χ0n) is 11.3. The van der Waals surface area contributed by atoms with Gasteiger partial charge >= 0.3 is 18.8 Å². The maximum absolute atomic E-state index is 12.7. The first kappa shape index (κ1) is 16.7. The normalized spacial score (nSPS) is 11.6. The van der Waals surface area contributed by atoms with Crippen molar-refractivity contribution >= 4 is 5.97 Å². The molecule has 0 heterocycles. The molecule has 0 aliphatic heterocycles. The molecule has 23 heavy (non-hydrogen) atoms. The molecule has 0 fully saturated rings. The number of ether oxygens (including phenoxy) is 1. The Morgan fingerprint density at radius 3 is 2.35 bits per heavy atom. The number of carbonyl (C=O) groups is 1. The lowest BCUT2D eigenvalue weighted by Gasteiger charge is -2.13. The molecule has 0 saturated carbocycles. The van der Waals surface area contributed by atoms with Crippen LogP contribution < -0.4 is 4.74 Å². The van der Waals surface area contributed by atoms with Gasteiger partial charge in [-0.2, -0.15) is 22.0 Å². The number of hydrogen-bond acceptors (Lipinski definition) is 2. The number of alkyl halides is 5. The maximum Gasteiger partial charge on any atom is 0.416 e. The first-order valence-corrected chi connectivity index (χ1v) is 6.18. The number of halogens is 5. The predicted molar refractivity (Wildman–Crippen MR) is 70.5 cm³/mol. The van der Waals surface area contributed by atoms with Gasteiger partial charge in [0.15, 0.2) is 0 Å². The Kier molecular flexibility index (Phi) is 4.53. The van der Waals surface area contributed by atoms with E-state index in [4.69, 9.17) is 5.11 Å². The van der Waals surface area contributed by atoms with Gasteiger partial charge in [0.25, 0.3) is 0 Å². The number of hydrogen-bond donors (Lipinski definition) is 1. The van der Waals surface area contributed by atoms with Crippen molar-refractivity contribution in [3.63, 3.8) is 0 Å². The molecule has 0 amide bonds. The summed E-state index contributed by atoms with van der Waals surface area (Å²) in [6, 6.07) is 7.06. The summed E-state index contributed by atoms with van der Waals surface area (Å²) in [5, 5.41) is 8.86. The van der Waals surface area contributed by atoms with Gasteiger partial charge in [-0.25, -0.2) is 4.79 Å². The van der Waals surface area contributed by atoms with Crippen molar-refractivity contribution in [2.24, 2.45) is 0 Å². The molecule has 0 aliphatic carbocycles. The highest BCUT2D eigenvalue weighted by atomic mass is 19.4. The van der Waals surface area contributed by atoms with Crippen LogP contribution in [-0.4, -0.2) is 17.7 Å². The van der Waals surface area contributed by atoms with Crippen molar-refractivity contribution < 1.29 is 36.6 Å². The van der Waals surface area contributed by atoms with Crippen molar-refractivity contribution in [1.82, 2.24) is 0 Å². The van der Waals surface area contributed by atoms with Crippen LogP contribution in [0.3, 0.4) is 0 Å². The molecule has 0 aliphatic rings. The van der Waals surface area contributed by atoms with Crippen molar-refractivity contribution in [1.29, 1.82) is 0 Å². The van der Waals surface area contributed by atoms with Crippen LogP contribution in [0.1, 0.15) is 15.9 Å². The number of benzene rings is 2. The Labute approximate surface area is 126 Å². The van der Waals surface area contributed by atoms with E-state index in [1.807, 2.05) is 0 Å². The quantitative estimate of drug-likeness (QED) is 0.828. The minimum atomic E-state index is -4.60. The molecule has 2 rings (SSSR count). The van der Waals surface area contributed by atoms with Crippen molar-refractivity contribution in [3.05, 3.63) is 53.6 Å². The third kappa shape index (κ3) is 3.97. The smallest absolute Gasteiger partial charge is 0.416 e. The first-order valence-electron chi connectivity index (χ1n) is 6.18. The molecule has 0 aromatic heterocycles. The van der Waals surface area contributed by atoms with Crippen LogP contribution in [0.5, 0.6) is 5.75 Å². The van der Waals surface area contributed by atoms with Crippen LogP contribution in [0.2, 0.25) is 0 Å². The summed E-state index contributed by atoms with van der Waals surface area (Å²) in [6.45, 7) is -3.25. The SMILES string of the molecule is O=C(O)c1ccc(-c2cccc(C(F)(F)F)c2)c(OC(F)F)c1. The molecule has 8 heteroatoms. The molecular weight excluding hydrogens is 323 g/mol. The first-order chi connectivity index (χ1) is 10.7. The Morgan fingerprint density at radius 2 is 1.78 bits per heavy atom. The van der Waals surface area contributed by atoms with Gasteiger partial charge in [0.05, 0.1) is 11.1 Å². The molecular formula is C15H9F5O3. The standard InChI is InChI=1S/C15H9F5O3/c16-14(17)23-12-7-9(13(21)22)4-5-11(12)8-2-1-3-10(6-8)15(18,19)20/h1-7,14H,(H,21,22). The molecule has 0 atom stereocenters. The van der Waals surface area contributed by atoms with E-state index in [9.17, 15) is 26.7 Å². The average molecular weight is 332 g/mol. The van der Waals surface area contributed by atoms with E-state index >= 15 is 0 Å². The monoisotopic (exact) mass is 332 g/mol. The summed E-state index contributed by atoms with van der Waals surface area (Å²) >= 11 is 0. The van der Waals surface area contributed by atoms with E-state index in [0.717, 1.165) is 36.4 Å². The summed E-state index contributed by atoms with van der Waals surface area (Å²) in [4.78, 5) is 10.9. The van der Waals surface area contributed by atoms with Crippen LogP contribution >= 0.6 is 0 Å². The molecule has 3 nitrogen and oxygen atoms in total. The van der Waals surface area contributed by atoms with Crippen molar-refractivity contribution in [3.8, 4) is 16.9 Å². The highest BCUT2D eigenvalue weighted by Gasteiger charge is 2.30. The maximum atomic E-state index is 12.7. The van der Waals surface area contributed by atoms with Crippen LogP contribution in [-0.2, 0) is 6.18 Å². The number of carboxylic acid groups (broad SMARTS) is 1. The molecule has 2 aromatic rings. The number of aromatic carboxylic acids is 1. The lowest BCUT2D eigenvalue weighted by molar-refractivity contribution is -0.137. The molecule has 0 saturated heterocycles. The third-order valence-corrected chi connectivity index (χ3v) is 2.95. The Balaban J connectivity index is 2.56. The Hall–Kier alpha value is -2.64. The van der Waals surface area contributed by atoms with Crippen molar-refractivity contribution in [2.75, 3.05) is 0 Å². The molecule has 1 N–H and O–H groups in total. The van der Waals surface area contributed by atoms with E-state index in [0.29, 0.717) is 0 Å². The lowest BCUT2D eigenvalue weighted by Crippen LogP contribution is -2.06. The number of carboxylic acids is 1. The summed E-state index contributed by atoms with van der Waals surface area (Å²) in [5.41, 5.74) is -1.37. The Morgan fingerprint density at radius 1 is 1.09 bits per heavy atom. The van der Waals surface area contributed by atoms with Crippen molar-refractivity contribution in [2.45, 2.75) is 12.8 Å². The van der Waals surface area contributed by atoms with Gasteiger partial charge in [-0.1, -0.05) is 12.1 Å². The summed E-state index contributed by atoms with van der Waals surface area (Å²) in [5.74, 6) is -1.89. The van der Waals surface area contributed by atoms with Crippen LogP contribution in [0.4, 0.5) is 22.0 Å². The lowest BCUT2D eigenvalue weighted by atomic mass is 10.0. The molecule has 0 unspecified atom stereocenters. The van der Waals surface area contributed by atoms with E-state index < -0.39 is 30.1 Å². The fraction of sp³-hybridized carbons (Fsp3) is 0.133.